The number of carbonyl (C=O) groups is 1. The Hall–Kier alpha value is -1.77. The average molecular weight is 300 g/mol. The van der Waals surface area contributed by atoms with Crippen molar-refractivity contribution < 1.29 is 4.79 Å². The van der Waals surface area contributed by atoms with Gasteiger partial charge in [0.15, 0.2) is 0 Å². The summed E-state index contributed by atoms with van der Waals surface area (Å²) in [6.07, 6.45) is 7.97. The standard InChI is InChI=1S/C19H28N2O/c1-19(2,3)15-7-11-17(12-8-15)21-16-9-4-14(5-10-16)6-13-18(20)22/h6-8,11-14,16,21H,4-5,9-10H2,1-3H3,(H2,20,22). The Kier molecular flexibility index (Phi) is 5.28. The van der Waals surface area contributed by atoms with Crippen molar-refractivity contribution in [3.8, 4) is 0 Å². The minimum atomic E-state index is -0.348. The molecule has 3 nitrogen and oxygen atoms in total. The summed E-state index contributed by atoms with van der Waals surface area (Å²) in [5.41, 5.74) is 7.90. The second-order valence-corrected chi connectivity index (χ2v) is 7.34. The van der Waals surface area contributed by atoms with Gasteiger partial charge in [-0.2, -0.15) is 0 Å². The fraction of sp³-hybridized carbons (Fsp3) is 0.526. The van der Waals surface area contributed by atoms with E-state index < -0.39 is 0 Å². The van der Waals surface area contributed by atoms with Crippen LogP contribution in [0.2, 0.25) is 0 Å². The first-order valence-corrected chi connectivity index (χ1v) is 8.19. The van der Waals surface area contributed by atoms with Gasteiger partial charge in [0.1, 0.15) is 0 Å². The van der Waals surface area contributed by atoms with Gasteiger partial charge in [-0.15, -0.1) is 0 Å². The van der Waals surface area contributed by atoms with Gasteiger partial charge in [-0.3, -0.25) is 4.79 Å². The number of rotatable bonds is 4. The number of benzene rings is 1. The van der Waals surface area contributed by atoms with Crippen molar-refractivity contribution in [2.75, 3.05) is 5.32 Å². The summed E-state index contributed by atoms with van der Waals surface area (Å²) in [4.78, 5) is 10.8. The van der Waals surface area contributed by atoms with E-state index >= 15 is 0 Å². The molecule has 3 heteroatoms. The number of nitrogens with one attached hydrogen (secondary N) is 1. The Morgan fingerprint density at radius 1 is 1.14 bits per heavy atom. The van der Waals surface area contributed by atoms with Gasteiger partial charge in [-0.05, 0) is 60.8 Å². The predicted octanol–water partition coefficient (Wildman–Crippen LogP) is 4.00. The van der Waals surface area contributed by atoms with Crippen molar-refractivity contribution in [1.82, 2.24) is 0 Å². The maximum absolute atomic E-state index is 10.8. The normalized spacial score (nSPS) is 22.7. The molecule has 1 amide bonds. The molecule has 120 valence electrons. The highest BCUT2D eigenvalue weighted by Gasteiger charge is 2.19. The van der Waals surface area contributed by atoms with Crippen molar-refractivity contribution >= 4 is 11.6 Å². The van der Waals surface area contributed by atoms with E-state index in [1.807, 2.05) is 6.08 Å². The lowest BCUT2D eigenvalue weighted by atomic mass is 9.85. The smallest absolute Gasteiger partial charge is 0.241 e. The molecule has 1 aliphatic rings. The molecule has 0 spiro atoms. The number of primary amides is 1. The molecule has 0 aliphatic heterocycles. The van der Waals surface area contributed by atoms with Gasteiger partial charge in [-0.1, -0.05) is 39.0 Å². The number of nitrogens with two attached hydrogens (primary N) is 1. The predicted molar refractivity (Wildman–Crippen MR) is 92.8 cm³/mol. The van der Waals surface area contributed by atoms with E-state index in [0.29, 0.717) is 12.0 Å². The maximum atomic E-state index is 10.8. The number of carbonyl (C=O) groups excluding carboxylic acids is 1. The molecule has 2 rings (SSSR count). The van der Waals surface area contributed by atoms with Crippen molar-refractivity contribution in [1.29, 1.82) is 0 Å². The Morgan fingerprint density at radius 2 is 1.73 bits per heavy atom. The first-order valence-electron chi connectivity index (χ1n) is 8.19. The Bertz CT molecular complexity index is 517. The van der Waals surface area contributed by atoms with Crippen molar-refractivity contribution in [3.05, 3.63) is 42.0 Å². The van der Waals surface area contributed by atoms with Crippen molar-refractivity contribution in [3.63, 3.8) is 0 Å². The summed E-state index contributed by atoms with van der Waals surface area (Å²) >= 11 is 0. The summed E-state index contributed by atoms with van der Waals surface area (Å²) in [5, 5.41) is 3.63. The number of hydrogen-bond acceptors (Lipinski definition) is 2. The van der Waals surface area contributed by atoms with Crippen LogP contribution in [0.25, 0.3) is 0 Å². The largest absolute Gasteiger partial charge is 0.382 e. The van der Waals surface area contributed by atoms with E-state index in [1.165, 1.54) is 17.3 Å². The summed E-state index contributed by atoms with van der Waals surface area (Å²) in [5.74, 6) is 0.146. The lowest BCUT2D eigenvalue weighted by Gasteiger charge is -2.28. The highest BCUT2D eigenvalue weighted by atomic mass is 16.1. The molecule has 1 aromatic carbocycles. The quantitative estimate of drug-likeness (QED) is 0.826. The van der Waals surface area contributed by atoms with Crippen LogP contribution in [-0.4, -0.2) is 11.9 Å². The van der Waals surface area contributed by atoms with Crippen LogP contribution in [0.3, 0.4) is 0 Å². The van der Waals surface area contributed by atoms with Gasteiger partial charge in [0.25, 0.3) is 0 Å². The minimum Gasteiger partial charge on any atom is -0.382 e. The molecule has 3 N–H and O–H groups in total. The monoisotopic (exact) mass is 300 g/mol. The van der Waals surface area contributed by atoms with Crippen LogP contribution < -0.4 is 11.1 Å². The lowest BCUT2D eigenvalue weighted by Crippen LogP contribution is -2.25. The highest BCUT2D eigenvalue weighted by molar-refractivity contribution is 5.85. The van der Waals surface area contributed by atoms with E-state index in [0.717, 1.165) is 25.7 Å². The van der Waals surface area contributed by atoms with Crippen molar-refractivity contribution in [2.24, 2.45) is 11.7 Å². The van der Waals surface area contributed by atoms with Crippen LogP contribution in [0, 0.1) is 5.92 Å². The van der Waals surface area contributed by atoms with Crippen LogP contribution >= 0.6 is 0 Å². The van der Waals surface area contributed by atoms with Gasteiger partial charge < -0.3 is 11.1 Å². The van der Waals surface area contributed by atoms with Gasteiger partial charge in [0.2, 0.25) is 5.91 Å². The molecular weight excluding hydrogens is 272 g/mol. The molecule has 0 atom stereocenters. The summed E-state index contributed by atoms with van der Waals surface area (Å²) in [6.45, 7) is 6.70. The van der Waals surface area contributed by atoms with E-state index in [9.17, 15) is 4.79 Å². The zero-order chi connectivity index (χ0) is 16.2. The lowest BCUT2D eigenvalue weighted by molar-refractivity contribution is -0.113. The third-order valence-corrected chi connectivity index (χ3v) is 4.43. The maximum Gasteiger partial charge on any atom is 0.241 e. The number of amides is 1. The van der Waals surface area contributed by atoms with E-state index in [1.54, 1.807) is 0 Å². The van der Waals surface area contributed by atoms with Gasteiger partial charge in [0.05, 0.1) is 0 Å². The number of allylic oxidation sites excluding steroid dienone is 1. The molecule has 22 heavy (non-hydrogen) atoms. The highest BCUT2D eigenvalue weighted by Crippen LogP contribution is 2.28. The third-order valence-electron chi connectivity index (χ3n) is 4.43. The first-order chi connectivity index (χ1) is 10.3. The molecule has 1 aromatic rings. The zero-order valence-corrected chi connectivity index (χ0v) is 13.9. The molecule has 0 saturated heterocycles. The molecule has 0 unspecified atom stereocenters. The van der Waals surface area contributed by atoms with Crippen LogP contribution in [0.1, 0.15) is 52.0 Å². The first kappa shape index (κ1) is 16.6. The summed E-state index contributed by atoms with van der Waals surface area (Å²) < 4.78 is 0. The number of anilines is 1. The molecule has 1 saturated carbocycles. The number of hydrogen-bond donors (Lipinski definition) is 2. The zero-order valence-electron chi connectivity index (χ0n) is 13.9. The molecule has 0 radical (unpaired) electrons. The molecule has 1 aliphatic carbocycles. The summed E-state index contributed by atoms with van der Waals surface area (Å²) in [7, 11) is 0. The molecular formula is C19H28N2O. The Balaban J connectivity index is 1.84. The molecule has 0 bridgehead atoms. The molecule has 1 fully saturated rings. The summed E-state index contributed by atoms with van der Waals surface area (Å²) in [6, 6.07) is 9.31. The van der Waals surface area contributed by atoms with Crippen LogP contribution in [0.15, 0.2) is 36.4 Å². The second kappa shape index (κ2) is 6.99. The molecule has 0 aromatic heterocycles. The topological polar surface area (TPSA) is 55.1 Å². The van der Waals surface area contributed by atoms with Gasteiger partial charge in [0, 0.05) is 11.7 Å². The van der Waals surface area contributed by atoms with Gasteiger partial charge in [-0.25, -0.2) is 0 Å². The van der Waals surface area contributed by atoms with E-state index in [-0.39, 0.29) is 11.3 Å². The van der Waals surface area contributed by atoms with Crippen LogP contribution in [0.5, 0.6) is 0 Å². The van der Waals surface area contributed by atoms with Crippen molar-refractivity contribution in [2.45, 2.75) is 57.9 Å². The van der Waals surface area contributed by atoms with E-state index in [4.69, 9.17) is 5.73 Å². The Morgan fingerprint density at radius 3 is 2.23 bits per heavy atom. The van der Waals surface area contributed by atoms with Crippen LogP contribution in [-0.2, 0) is 10.2 Å². The fourth-order valence-electron chi connectivity index (χ4n) is 2.99. The fourth-order valence-corrected chi connectivity index (χ4v) is 2.99. The van der Waals surface area contributed by atoms with Gasteiger partial charge >= 0.3 is 0 Å². The SMILES string of the molecule is CC(C)(C)c1ccc(NC2CCC(C=CC(N)=O)CC2)cc1. The van der Waals surface area contributed by atoms with Crippen LogP contribution in [0.4, 0.5) is 5.69 Å². The average Bonchev–Trinajstić information content (AvgIpc) is 2.46. The Labute approximate surface area is 134 Å². The van der Waals surface area contributed by atoms with E-state index in [2.05, 4.69) is 50.4 Å². The third kappa shape index (κ3) is 4.90. The second-order valence-electron chi connectivity index (χ2n) is 7.34. The minimum absolute atomic E-state index is 0.198. The molecule has 0 heterocycles.